The maximum Gasteiger partial charge on any atom is 0.250 e. The van der Waals surface area contributed by atoms with Gasteiger partial charge in [-0.15, -0.1) is 0 Å². The van der Waals surface area contributed by atoms with E-state index >= 15 is 0 Å². The second-order valence-electron chi connectivity index (χ2n) is 6.97. The Balaban J connectivity index is 1.55. The summed E-state index contributed by atoms with van der Waals surface area (Å²) in [6.07, 6.45) is 3.03. The van der Waals surface area contributed by atoms with Crippen molar-refractivity contribution < 1.29 is 4.79 Å². The Labute approximate surface area is 130 Å². The third-order valence-electron chi connectivity index (χ3n) is 5.48. The lowest BCUT2D eigenvalue weighted by molar-refractivity contribution is -0.139. The Kier molecular flexibility index (Phi) is 3.53. The molecule has 3 aliphatic rings. The molecular weight excluding hydrogens is 278 g/mol. The fourth-order valence-electron chi connectivity index (χ4n) is 4.40. The number of hydrogen-bond donors (Lipinski definition) is 1. The first-order chi connectivity index (χ1) is 10.7. The number of carbonyl (C=O) groups is 1. The summed E-state index contributed by atoms with van der Waals surface area (Å²) in [5, 5.41) is 3.32. The molecule has 4 heterocycles. The van der Waals surface area contributed by atoms with Crippen molar-refractivity contribution in [3.05, 3.63) is 34.2 Å². The minimum Gasteiger partial charge on any atom is -0.341 e. The highest BCUT2D eigenvalue weighted by Gasteiger charge is 2.37. The Morgan fingerprint density at radius 2 is 1.95 bits per heavy atom. The maximum atomic E-state index is 12.8. The van der Waals surface area contributed by atoms with E-state index in [1.165, 1.54) is 0 Å². The molecule has 0 aromatic carbocycles. The van der Waals surface area contributed by atoms with Gasteiger partial charge in [-0.1, -0.05) is 6.07 Å². The van der Waals surface area contributed by atoms with Gasteiger partial charge >= 0.3 is 0 Å². The fourth-order valence-corrected chi connectivity index (χ4v) is 4.40. The molecule has 1 N–H and O–H groups in total. The highest BCUT2D eigenvalue weighted by atomic mass is 16.2. The highest BCUT2D eigenvalue weighted by molar-refractivity contribution is 5.79. The fraction of sp³-hybridized carbons (Fsp3) is 0.647. The van der Waals surface area contributed by atoms with Gasteiger partial charge in [-0.05, 0) is 44.3 Å². The van der Waals surface area contributed by atoms with Crippen LogP contribution in [0.3, 0.4) is 0 Å². The van der Waals surface area contributed by atoms with E-state index in [9.17, 15) is 9.59 Å². The van der Waals surface area contributed by atoms with E-state index in [4.69, 9.17) is 0 Å². The minimum absolute atomic E-state index is 0.102. The van der Waals surface area contributed by atoms with E-state index in [-0.39, 0.29) is 11.5 Å². The predicted molar refractivity (Wildman–Crippen MR) is 83.7 cm³/mol. The van der Waals surface area contributed by atoms with Crippen molar-refractivity contribution in [2.45, 2.75) is 31.7 Å². The number of amides is 1. The average molecular weight is 301 g/mol. The molecule has 0 spiro atoms. The van der Waals surface area contributed by atoms with Crippen molar-refractivity contribution in [3.8, 4) is 0 Å². The normalized spacial score (nSPS) is 28.3. The summed E-state index contributed by atoms with van der Waals surface area (Å²) >= 11 is 0. The Morgan fingerprint density at radius 3 is 2.77 bits per heavy atom. The Bertz CT molecular complexity index is 633. The largest absolute Gasteiger partial charge is 0.341 e. The molecule has 2 bridgehead atoms. The summed E-state index contributed by atoms with van der Waals surface area (Å²) in [6.45, 7) is 4.27. The van der Waals surface area contributed by atoms with Crippen LogP contribution in [0.15, 0.2) is 23.0 Å². The summed E-state index contributed by atoms with van der Waals surface area (Å²) in [6, 6.07) is 5.55. The number of likely N-dealkylation sites (tertiary alicyclic amines) is 1. The number of nitrogens with one attached hydrogen (secondary N) is 1. The molecule has 2 atom stereocenters. The zero-order valence-corrected chi connectivity index (χ0v) is 12.8. The van der Waals surface area contributed by atoms with E-state index < -0.39 is 0 Å². The molecule has 4 rings (SSSR count). The standard InChI is InChI=1S/C17H23N3O2/c21-16-3-1-2-15-14-8-12(10-20(15)16)9-19(11-14)17(22)13-4-6-18-7-5-13/h1-3,12-14,18H,4-11H2/t12-,14-/m0/s1. The molecule has 1 amide bonds. The van der Waals surface area contributed by atoms with Crippen molar-refractivity contribution in [2.24, 2.45) is 11.8 Å². The van der Waals surface area contributed by atoms with Crippen LogP contribution in [0.5, 0.6) is 0 Å². The van der Waals surface area contributed by atoms with E-state index in [2.05, 4.69) is 16.3 Å². The monoisotopic (exact) mass is 301 g/mol. The maximum absolute atomic E-state index is 12.8. The summed E-state index contributed by atoms with van der Waals surface area (Å²) in [7, 11) is 0. The summed E-state index contributed by atoms with van der Waals surface area (Å²) in [4.78, 5) is 26.9. The lowest BCUT2D eigenvalue weighted by atomic mass is 9.82. The quantitative estimate of drug-likeness (QED) is 0.834. The molecule has 118 valence electrons. The van der Waals surface area contributed by atoms with Gasteiger partial charge in [0.05, 0.1) is 0 Å². The van der Waals surface area contributed by atoms with Gasteiger partial charge in [0.2, 0.25) is 5.91 Å². The zero-order valence-electron chi connectivity index (χ0n) is 12.8. The molecule has 5 nitrogen and oxygen atoms in total. The SMILES string of the molecule is O=C(C1CCNCC1)N1C[C@@H]2C[C@@H](C1)c1cccc(=O)n1C2. The average Bonchev–Trinajstić information content (AvgIpc) is 2.56. The number of carbonyl (C=O) groups excluding carboxylic acids is 1. The van der Waals surface area contributed by atoms with E-state index in [0.29, 0.717) is 17.7 Å². The molecule has 1 aromatic heterocycles. The molecule has 5 heteroatoms. The molecule has 22 heavy (non-hydrogen) atoms. The lowest BCUT2D eigenvalue weighted by Crippen LogP contribution is -2.51. The first kappa shape index (κ1) is 14.0. The number of aromatic nitrogens is 1. The predicted octanol–water partition coefficient (Wildman–Crippen LogP) is 0.794. The van der Waals surface area contributed by atoms with Crippen LogP contribution >= 0.6 is 0 Å². The molecular formula is C17H23N3O2. The van der Waals surface area contributed by atoms with E-state index in [1.807, 2.05) is 10.6 Å². The first-order valence-electron chi connectivity index (χ1n) is 8.41. The number of rotatable bonds is 1. The van der Waals surface area contributed by atoms with Gasteiger partial charge in [0.1, 0.15) is 0 Å². The Hall–Kier alpha value is -1.62. The minimum atomic E-state index is 0.102. The molecule has 0 unspecified atom stereocenters. The number of hydrogen-bond acceptors (Lipinski definition) is 3. The van der Waals surface area contributed by atoms with Gasteiger partial charge in [0, 0.05) is 43.2 Å². The highest BCUT2D eigenvalue weighted by Crippen LogP contribution is 2.35. The smallest absolute Gasteiger partial charge is 0.250 e. The molecule has 2 fully saturated rings. The van der Waals surface area contributed by atoms with Crippen molar-refractivity contribution in [2.75, 3.05) is 26.2 Å². The topological polar surface area (TPSA) is 54.3 Å². The Morgan fingerprint density at radius 1 is 1.14 bits per heavy atom. The molecule has 0 radical (unpaired) electrons. The van der Waals surface area contributed by atoms with Crippen LogP contribution in [-0.4, -0.2) is 41.6 Å². The number of pyridine rings is 1. The van der Waals surface area contributed by atoms with E-state index in [0.717, 1.165) is 57.7 Å². The van der Waals surface area contributed by atoms with Crippen molar-refractivity contribution >= 4 is 5.91 Å². The number of fused-ring (bicyclic) bond motifs is 4. The van der Waals surface area contributed by atoms with Crippen LogP contribution in [0.25, 0.3) is 0 Å². The second kappa shape index (κ2) is 5.54. The molecule has 3 aliphatic heterocycles. The summed E-state index contributed by atoms with van der Waals surface area (Å²) < 4.78 is 1.92. The summed E-state index contributed by atoms with van der Waals surface area (Å²) in [5.41, 5.74) is 1.22. The van der Waals surface area contributed by atoms with Gasteiger partial charge in [0.15, 0.2) is 0 Å². The van der Waals surface area contributed by atoms with Gasteiger partial charge in [-0.25, -0.2) is 0 Å². The van der Waals surface area contributed by atoms with Crippen LogP contribution in [0.2, 0.25) is 0 Å². The molecule has 0 aliphatic carbocycles. The second-order valence-corrected chi connectivity index (χ2v) is 6.97. The van der Waals surface area contributed by atoms with Crippen molar-refractivity contribution in [1.29, 1.82) is 0 Å². The summed E-state index contributed by atoms with van der Waals surface area (Å²) in [5.74, 6) is 1.28. The lowest BCUT2D eigenvalue weighted by Gasteiger charge is -2.44. The third kappa shape index (κ3) is 2.37. The van der Waals surface area contributed by atoms with Gasteiger partial charge in [-0.3, -0.25) is 9.59 Å². The molecule has 2 saturated heterocycles. The van der Waals surface area contributed by atoms with Gasteiger partial charge in [-0.2, -0.15) is 0 Å². The first-order valence-corrected chi connectivity index (χ1v) is 8.41. The molecule has 1 aromatic rings. The van der Waals surface area contributed by atoms with Crippen LogP contribution < -0.4 is 10.9 Å². The van der Waals surface area contributed by atoms with Gasteiger partial charge in [0.25, 0.3) is 5.56 Å². The van der Waals surface area contributed by atoms with Crippen LogP contribution in [0, 0.1) is 11.8 Å². The van der Waals surface area contributed by atoms with Crippen LogP contribution in [0.4, 0.5) is 0 Å². The van der Waals surface area contributed by atoms with Gasteiger partial charge < -0.3 is 14.8 Å². The third-order valence-corrected chi connectivity index (χ3v) is 5.48. The van der Waals surface area contributed by atoms with Crippen LogP contribution in [-0.2, 0) is 11.3 Å². The van der Waals surface area contributed by atoms with Crippen LogP contribution in [0.1, 0.15) is 30.9 Å². The zero-order chi connectivity index (χ0) is 15.1. The molecule has 0 saturated carbocycles. The number of piperidine rings is 2. The van der Waals surface area contributed by atoms with Crippen molar-refractivity contribution in [1.82, 2.24) is 14.8 Å². The van der Waals surface area contributed by atoms with Crippen molar-refractivity contribution in [3.63, 3.8) is 0 Å². The number of nitrogens with zero attached hydrogens (tertiary/aromatic N) is 2. The van der Waals surface area contributed by atoms with E-state index in [1.54, 1.807) is 6.07 Å².